The monoisotopic (exact) mass is 501 g/mol. The second-order valence-electron chi connectivity index (χ2n) is 8.71. The molecule has 1 fully saturated rings. The maximum Gasteiger partial charge on any atom is 0.343 e. The minimum atomic E-state index is -0.470. The van der Waals surface area contributed by atoms with Gasteiger partial charge in [0.15, 0.2) is 0 Å². The number of imide groups is 1. The lowest BCUT2D eigenvalue weighted by atomic mass is 10.0. The predicted molar refractivity (Wildman–Crippen MR) is 141 cm³/mol. The third kappa shape index (κ3) is 6.04. The first-order valence-electron chi connectivity index (χ1n) is 11.7. The zero-order valence-electron chi connectivity index (χ0n) is 20.4. The molecule has 0 bridgehead atoms. The van der Waals surface area contributed by atoms with Crippen LogP contribution in [0.3, 0.4) is 0 Å². The van der Waals surface area contributed by atoms with Gasteiger partial charge in [0.25, 0.3) is 11.1 Å². The van der Waals surface area contributed by atoms with Gasteiger partial charge in [-0.15, -0.1) is 0 Å². The molecule has 0 N–H and O–H groups in total. The molecule has 1 heterocycles. The maximum absolute atomic E-state index is 12.9. The molecular weight excluding hydrogens is 474 g/mol. The Morgan fingerprint density at radius 3 is 2.53 bits per heavy atom. The molecule has 0 atom stereocenters. The fourth-order valence-electron chi connectivity index (χ4n) is 3.74. The first-order chi connectivity index (χ1) is 17.3. The Hall–Kier alpha value is -3.84. The molecule has 0 aromatic heterocycles. The average Bonchev–Trinajstić information content (AvgIpc) is 3.12. The van der Waals surface area contributed by atoms with E-state index in [0.717, 1.165) is 28.6 Å². The molecule has 0 spiro atoms. The molecule has 0 saturated carbocycles. The van der Waals surface area contributed by atoms with E-state index in [-0.39, 0.29) is 24.3 Å². The fraction of sp³-hybridized carbons (Fsp3) is 0.207. The number of rotatable bonds is 8. The molecule has 3 aromatic carbocycles. The van der Waals surface area contributed by atoms with Crippen molar-refractivity contribution in [2.75, 3.05) is 13.2 Å². The van der Waals surface area contributed by atoms with Crippen molar-refractivity contribution in [3.63, 3.8) is 0 Å². The maximum atomic E-state index is 12.9. The highest BCUT2D eigenvalue weighted by Crippen LogP contribution is 2.33. The van der Waals surface area contributed by atoms with E-state index in [2.05, 4.69) is 13.8 Å². The van der Waals surface area contributed by atoms with Gasteiger partial charge in [0.1, 0.15) is 18.1 Å². The van der Waals surface area contributed by atoms with Crippen LogP contribution < -0.4 is 9.47 Å². The molecule has 6 nitrogen and oxygen atoms in total. The molecule has 36 heavy (non-hydrogen) atoms. The zero-order chi connectivity index (χ0) is 25.7. The largest absolute Gasteiger partial charge is 0.491 e. The molecule has 184 valence electrons. The van der Waals surface area contributed by atoms with E-state index in [1.165, 1.54) is 4.90 Å². The molecule has 0 unspecified atom stereocenters. The van der Waals surface area contributed by atoms with Gasteiger partial charge in [0.05, 0.1) is 17.0 Å². The molecule has 1 aliphatic heterocycles. The van der Waals surface area contributed by atoms with Crippen LogP contribution in [0.2, 0.25) is 0 Å². The summed E-state index contributed by atoms with van der Waals surface area (Å²) in [6, 6.07) is 21.6. The summed E-state index contributed by atoms with van der Waals surface area (Å²) in [4.78, 5) is 39.3. The average molecular weight is 502 g/mol. The zero-order valence-corrected chi connectivity index (χ0v) is 21.2. The van der Waals surface area contributed by atoms with Crippen molar-refractivity contribution in [3.05, 3.63) is 100.0 Å². The van der Waals surface area contributed by atoms with Gasteiger partial charge in [0, 0.05) is 0 Å². The minimum Gasteiger partial charge on any atom is -0.491 e. The Morgan fingerprint density at radius 1 is 1.00 bits per heavy atom. The summed E-state index contributed by atoms with van der Waals surface area (Å²) in [5.74, 6) is 0.582. The lowest BCUT2D eigenvalue weighted by molar-refractivity contribution is -0.123. The predicted octanol–water partition coefficient (Wildman–Crippen LogP) is 6.45. The third-order valence-electron chi connectivity index (χ3n) is 5.61. The fourth-order valence-corrected chi connectivity index (χ4v) is 4.61. The molecule has 3 aromatic rings. The number of benzene rings is 3. The van der Waals surface area contributed by atoms with E-state index in [9.17, 15) is 14.4 Å². The second kappa shape index (κ2) is 11.3. The van der Waals surface area contributed by atoms with Gasteiger partial charge in [-0.3, -0.25) is 14.5 Å². The van der Waals surface area contributed by atoms with E-state index in [4.69, 9.17) is 9.47 Å². The number of nitrogens with zero attached hydrogens (tertiary/aromatic N) is 1. The topological polar surface area (TPSA) is 72.9 Å². The van der Waals surface area contributed by atoms with Crippen LogP contribution >= 0.6 is 11.8 Å². The molecule has 1 saturated heterocycles. The Morgan fingerprint density at radius 2 is 1.78 bits per heavy atom. The van der Waals surface area contributed by atoms with Crippen molar-refractivity contribution in [1.82, 2.24) is 4.90 Å². The first-order valence-corrected chi connectivity index (χ1v) is 12.5. The normalized spacial score (nSPS) is 14.6. The van der Waals surface area contributed by atoms with Crippen LogP contribution in [0.25, 0.3) is 6.08 Å². The van der Waals surface area contributed by atoms with Crippen molar-refractivity contribution in [1.29, 1.82) is 0 Å². The molecule has 1 aliphatic rings. The highest BCUT2D eigenvalue weighted by molar-refractivity contribution is 8.18. The minimum absolute atomic E-state index is 0.155. The van der Waals surface area contributed by atoms with Crippen LogP contribution in [0.4, 0.5) is 4.79 Å². The van der Waals surface area contributed by atoms with Crippen LogP contribution in [0.5, 0.6) is 11.5 Å². The van der Waals surface area contributed by atoms with Gasteiger partial charge in [-0.05, 0) is 77.7 Å². The van der Waals surface area contributed by atoms with Gasteiger partial charge >= 0.3 is 5.97 Å². The number of ether oxygens (including phenoxy) is 2. The summed E-state index contributed by atoms with van der Waals surface area (Å²) >= 11 is 0.885. The number of amides is 2. The van der Waals surface area contributed by atoms with Crippen LogP contribution in [0.15, 0.2) is 77.7 Å². The Labute approximate surface area is 214 Å². The van der Waals surface area contributed by atoms with E-state index in [0.29, 0.717) is 27.7 Å². The lowest BCUT2D eigenvalue weighted by Gasteiger charge is -2.17. The summed E-state index contributed by atoms with van der Waals surface area (Å²) in [5, 5.41) is -0.338. The van der Waals surface area contributed by atoms with Gasteiger partial charge in [-0.25, -0.2) is 4.79 Å². The van der Waals surface area contributed by atoms with Gasteiger partial charge in [0.2, 0.25) is 0 Å². The van der Waals surface area contributed by atoms with Crippen molar-refractivity contribution >= 4 is 35.0 Å². The Bertz CT molecular complexity index is 1320. The van der Waals surface area contributed by atoms with Crippen LogP contribution in [-0.2, 0) is 4.79 Å². The summed E-state index contributed by atoms with van der Waals surface area (Å²) < 4.78 is 11.4. The third-order valence-corrected chi connectivity index (χ3v) is 6.52. The highest BCUT2D eigenvalue weighted by atomic mass is 32.2. The van der Waals surface area contributed by atoms with E-state index in [1.54, 1.807) is 54.6 Å². The quantitative estimate of drug-likeness (QED) is 0.201. The highest BCUT2D eigenvalue weighted by Gasteiger charge is 2.34. The lowest BCUT2D eigenvalue weighted by Crippen LogP contribution is -2.32. The van der Waals surface area contributed by atoms with Gasteiger partial charge in [-0.2, -0.15) is 0 Å². The summed E-state index contributed by atoms with van der Waals surface area (Å²) in [6.07, 6.45) is 1.63. The van der Waals surface area contributed by atoms with Crippen molar-refractivity contribution < 1.29 is 23.9 Å². The SMILES string of the molecule is Cc1ccc(C(C)C)c(OCCN2C(=O)S/C(=C\c3cccc(OC(=O)c4ccccc4)c3)C2=O)c1. The second-order valence-corrected chi connectivity index (χ2v) is 9.70. The number of hydrogen-bond acceptors (Lipinski definition) is 6. The van der Waals surface area contributed by atoms with Crippen LogP contribution in [0.1, 0.15) is 46.8 Å². The Kier molecular flexibility index (Phi) is 7.90. The molecule has 0 radical (unpaired) electrons. The molecule has 7 heteroatoms. The molecule has 2 amide bonds. The number of carbonyl (C=O) groups is 3. The number of esters is 1. The summed E-state index contributed by atoms with van der Waals surface area (Å²) in [7, 11) is 0. The molecule has 0 aliphatic carbocycles. The van der Waals surface area contributed by atoms with Crippen LogP contribution in [0, 0.1) is 6.92 Å². The standard InChI is InChI=1S/C29H27NO5S/c1-19(2)24-13-12-20(3)16-25(24)34-15-14-30-27(31)26(36-29(30)33)18-21-8-7-11-23(17-21)35-28(32)22-9-5-4-6-10-22/h4-13,16-19H,14-15H2,1-3H3/b26-18-. The smallest absolute Gasteiger partial charge is 0.343 e. The number of carbonyl (C=O) groups excluding carboxylic acids is 3. The van der Waals surface area contributed by atoms with Crippen molar-refractivity contribution in [2.45, 2.75) is 26.7 Å². The van der Waals surface area contributed by atoms with Crippen LogP contribution in [-0.4, -0.2) is 35.2 Å². The van der Waals surface area contributed by atoms with E-state index < -0.39 is 5.97 Å². The van der Waals surface area contributed by atoms with Gasteiger partial charge in [-0.1, -0.05) is 56.3 Å². The molecule has 4 rings (SSSR count). The summed E-state index contributed by atoms with van der Waals surface area (Å²) in [5.41, 5.74) is 3.26. The van der Waals surface area contributed by atoms with Gasteiger partial charge < -0.3 is 9.47 Å². The first kappa shape index (κ1) is 25.3. The Balaban J connectivity index is 1.40. The number of aryl methyl sites for hydroxylation is 1. The van der Waals surface area contributed by atoms with E-state index >= 15 is 0 Å². The van der Waals surface area contributed by atoms with E-state index in [1.807, 2.05) is 31.2 Å². The number of thioether (sulfide) groups is 1. The molecular formula is C29H27NO5S. The number of hydrogen-bond donors (Lipinski definition) is 0. The summed E-state index contributed by atoms with van der Waals surface area (Å²) in [6.45, 7) is 6.55. The van der Waals surface area contributed by atoms with Crippen molar-refractivity contribution in [3.8, 4) is 11.5 Å². The van der Waals surface area contributed by atoms with Crippen molar-refractivity contribution in [2.24, 2.45) is 0 Å².